The number of sulfonamides is 1. The van der Waals surface area contributed by atoms with E-state index >= 15 is 0 Å². The number of aryl methyl sites for hydroxylation is 1. The summed E-state index contributed by atoms with van der Waals surface area (Å²) < 4.78 is 39.5. The SMILES string of the molecule is Cc1ccc(F)cc1S(=O)(=O)N1CCNC(C)C1.Cl. The van der Waals surface area contributed by atoms with E-state index < -0.39 is 15.8 Å². The molecule has 1 saturated heterocycles. The fourth-order valence-corrected chi connectivity index (χ4v) is 3.87. The van der Waals surface area contributed by atoms with Crippen molar-refractivity contribution in [1.29, 1.82) is 0 Å². The highest BCUT2D eigenvalue weighted by atomic mass is 35.5. The molecule has 0 spiro atoms. The van der Waals surface area contributed by atoms with Crippen molar-refractivity contribution in [3.05, 3.63) is 29.6 Å². The lowest BCUT2D eigenvalue weighted by atomic mass is 10.2. The number of nitrogens with zero attached hydrogens (tertiary/aromatic N) is 1. The Hall–Kier alpha value is -0.690. The van der Waals surface area contributed by atoms with Gasteiger partial charge in [-0.05, 0) is 31.5 Å². The lowest BCUT2D eigenvalue weighted by Crippen LogP contribution is -2.51. The van der Waals surface area contributed by atoms with E-state index in [-0.39, 0.29) is 23.3 Å². The summed E-state index contributed by atoms with van der Waals surface area (Å²) in [4.78, 5) is 0.0663. The predicted octanol–water partition coefficient (Wildman–Crippen LogP) is 1.54. The van der Waals surface area contributed by atoms with Crippen LogP contribution in [0.1, 0.15) is 12.5 Å². The molecule has 1 aromatic carbocycles. The molecule has 1 fully saturated rings. The van der Waals surface area contributed by atoms with Gasteiger partial charge < -0.3 is 5.32 Å². The molecule has 7 heteroatoms. The van der Waals surface area contributed by atoms with Crippen LogP contribution in [-0.4, -0.2) is 38.4 Å². The van der Waals surface area contributed by atoms with Gasteiger partial charge in [0.15, 0.2) is 0 Å². The first kappa shape index (κ1) is 16.4. The zero-order valence-electron chi connectivity index (χ0n) is 10.9. The Morgan fingerprint density at radius 2 is 2.11 bits per heavy atom. The molecule has 0 saturated carbocycles. The molecule has 0 bridgehead atoms. The third-order valence-corrected chi connectivity index (χ3v) is 5.11. The number of piperazine rings is 1. The molecule has 19 heavy (non-hydrogen) atoms. The second kappa shape index (κ2) is 6.17. The summed E-state index contributed by atoms with van der Waals surface area (Å²) in [5, 5.41) is 3.18. The highest BCUT2D eigenvalue weighted by Gasteiger charge is 2.29. The van der Waals surface area contributed by atoms with Crippen molar-refractivity contribution in [1.82, 2.24) is 9.62 Å². The van der Waals surface area contributed by atoms with Crippen molar-refractivity contribution >= 4 is 22.4 Å². The minimum Gasteiger partial charge on any atom is -0.312 e. The minimum absolute atomic E-state index is 0. The molecule has 1 aliphatic heterocycles. The lowest BCUT2D eigenvalue weighted by Gasteiger charge is -2.31. The summed E-state index contributed by atoms with van der Waals surface area (Å²) in [6.07, 6.45) is 0. The third-order valence-electron chi connectivity index (χ3n) is 3.10. The summed E-state index contributed by atoms with van der Waals surface area (Å²) in [6.45, 7) is 5.06. The summed E-state index contributed by atoms with van der Waals surface area (Å²) in [5.74, 6) is -0.526. The van der Waals surface area contributed by atoms with E-state index in [1.165, 1.54) is 16.4 Å². The van der Waals surface area contributed by atoms with Crippen LogP contribution in [0.15, 0.2) is 23.1 Å². The van der Waals surface area contributed by atoms with E-state index in [0.717, 1.165) is 6.07 Å². The Labute approximate surface area is 119 Å². The van der Waals surface area contributed by atoms with Crippen LogP contribution >= 0.6 is 12.4 Å². The second-order valence-electron chi connectivity index (χ2n) is 4.63. The molecule has 1 atom stereocenters. The van der Waals surface area contributed by atoms with Crippen molar-refractivity contribution in [3.8, 4) is 0 Å². The van der Waals surface area contributed by atoms with Gasteiger partial charge in [0.1, 0.15) is 5.82 Å². The van der Waals surface area contributed by atoms with Gasteiger partial charge in [0.25, 0.3) is 0 Å². The molecule has 2 rings (SSSR count). The van der Waals surface area contributed by atoms with Gasteiger partial charge in [-0.15, -0.1) is 12.4 Å². The second-order valence-corrected chi connectivity index (χ2v) is 6.53. The maximum Gasteiger partial charge on any atom is 0.243 e. The molecule has 1 heterocycles. The fraction of sp³-hybridized carbons (Fsp3) is 0.500. The van der Waals surface area contributed by atoms with Crippen LogP contribution < -0.4 is 5.32 Å². The van der Waals surface area contributed by atoms with Gasteiger partial charge in [-0.25, -0.2) is 12.8 Å². The summed E-state index contributed by atoms with van der Waals surface area (Å²) in [6, 6.07) is 3.97. The Balaban J connectivity index is 0.00000180. The van der Waals surface area contributed by atoms with E-state index in [9.17, 15) is 12.8 Å². The number of halogens is 2. The molecular weight excluding hydrogens is 291 g/mol. The van der Waals surface area contributed by atoms with E-state index in [2.05, 4.69) is 5.32 Å². The lowest BCUT2D eigenvalue weighted by molar-refractivity contribution is 0.310. The quantitative estimate of drug-likeness (QED) is 0.901. The number of rotatable bonds is 2. The Morgan fingerprint density at radius 3 is 2.74 bits per heavy atom. The van der Waals surface area contributed by atoms with E-state index in [1.54, 1.807) is 6.92 Å². The van der Waals surface area contributed by atoms with E-state index in [4.69, 9.17) is 0 Å². The molecule has 1 unspecified atom stereocenters. The first-order valence-corrected chi connectivity index (χ1v) is 7.35. The van der Waals surface area contributed by atoms with Gasteiger partial charge in [-0.1, -0.05) is 6.07 Å². The van der Waals surface area contributed by atoms with Crippen molar-refractivity contribution < 1.29 is 12.8 Å². The zero-order valence-corrected chi connectivity index (χ0v) is 12.5. The van der Waals surface area contributed by atoms with Crippen LogP contribution in [0.25, 0.3) is 0 Å². The molecular formula is C12H18ClFN2O2S. The van der Waals surface area contributed by atoms with Crippen LogP contribution in [-0.2, 0) is 10.0 Å². The molecule has 1 aliphatic rings. The molecule has 108 valence electrons. The molecule has 0 amide bonds. The number of hydrogen-bond acceptors (Lipinski definition) is 3. The standard InChI is InChI=1S/C12H17FN2O2S.ClH/c1-9-3-4-11(13)7-12(9)18(16,17)15-6-5-14-10(2)8-15;/h3-4,7,10,14H,5-6,8H2,1-2H3;1H. The molecule has 1 aromatic rings. The Bertz CT molecular complexity index is 551. The van der Waals surface area contributed by atoms with Crippen LogP contribution in [0.5, 0.6) is 0 Å². The molecule has 0 aliphatic carbocycles. The van der Waals surface area contributed by atoms with E-state index in [0.29, 0.717) is 25.2 Å². The molecule has 0 radical (unpaired) electrons. The zero-order chi connectivity index (χ0) is 13.3. The highest BCUT2D eigenvalue weighted by molar-refractivity contribution is 7.89. The summed E-state index contributed by atoms with van der Waals surface area (Å²) >= 11 is 0. The van der Waals surface area contributed by atoms with Crippen LogP contribution in [0, 0.1) is 12.7 Å². The number of nitrogens with one attached hydrogen (secondary N) is 1. The third kappa shape index (κ3) is 3.45. The number of benzene rings is 1. The van der Waals surface area contributed by atoms with Gasteiger partial charge in [-0.2, -0.15) is 4.31 Å². The fourth-order valence-electron chi connectivity index (χ4n) is 2.11. The van der Waals surface area contributed by atoms with Crippen LogP contribution in [0.4, 0.5) is 4.39 Å². The van der Waals surface area contributed by atoms with Crippen LogP contribution in [0.2, 0.25) is 0 Å². The normalized spacial score (nSPS) is 20.9. The summed E-state index contributed by atoms with van der Waals surface area (Å²) in [5.41, 5.74) is 0.572. The number of hydrogen-bond donors (Lipinski definition) is 1. The van der Waals surface area contributed by atoms with Gasteiger partial charge in [0, 0.05) is 25.7 Å². The largest absolute Gasteiger partial charge is 0.312 e. The molecule has 1 N–H and O–H groups in total. The van der Waals surface area contributed by atoms with Crippen molar-refractivity contribution in [2.75, 3.05) is 19.6 Å². The first-order valence-electron chi connectivity index (χ1n) is 5.91. The maximum atomic E-state index is 13.2. The monoisotopic (exact) mass is 308 g/mol. The topological polar surface area (TPSA) is 49.4 Å². The average Bonchev–Trinajstić information content (AvgIpc) is 2.32. The molecule has 4 nitrogen and oxygen atoms in total. The first-order chi connectivity index (χ1) is 8.41. The van der Waals surface area contributed by atoms with Crippen LogP contribution in [0.3, 0.4) is 0 Å². The smallest absolute Gasteiger partial charge is 0.243 e. The maximum absolute atomic E-state index is 13.2. The van der Waals surface area contributed by atoms with Gasteiger partial charge >= 0.3 is 0 Å². The van der Waals surface area contributed by atoms with Gasteiger partial charge in [0.05, 0.1) is 4.90 Å². The van der Waals surface area contributed by atoms with Crippen molar-refractivity contribution in [2.45, 2.75) is 24.8 Å². The Morgan fingerprint density at radius 1 is 1.42 bits per heavy atom. The summed E-state index contributed by atoms with van der Waals surface area (Å²) in [7, 11) is -3.59. The van der Waals surface area contributed by atoms with Crippen molar-refractivity contribution in [2.24, 2.45) is 0 Å². The van der Waals surface area contributed by atoms with Crippen molar-refractivity contribution in [3.63, 3.8) is 0 Å². The highest BCUT2D eigenvalue weighted by Crippen LogP contribution is 2.21. The predicted molar refractivity (Wildman–Crippen MR) is 74.6 cm³/mol. The Kier molecular flexibility index (Phi) is 5.32. The van der Waals surface area contributed by atoms with E-state index in [1.807, 2.05) is 6.92 Å². The minimum atomic E-state index is -3.59. The van der Waals surface area contributed by atoms with Gasteiger partial charge in [0.2, 0.25) is 10.0 Å². The average molecular weight is 309 g/mol. The molecule has 0 aromatic heterocycles. The van der Waals surface area contributed by atoms with Gasteiger partial charge in [-0.3, -0.25) is 0 Å².